The number of hydrogen-bond acceptors (Lipinski definition) is 17. The highest BCUT2D eigenvalue weighted by molar-refractivity contribution is 7.93. The number of rotatable bonds is 38. The van der Waals surface area contributed by atoms with Crippen molar-refractivity contribution < 1.29 is 67.6 Å². The minimum Gasteiger partial charge on any atom is -0.506 e. The molecule has 0 fully saturated rings. The van der Waals surface area contributed by atoms with Gasteiger partial charge in [0, 0.05) is 49.7 Å². The highest BCUT2D eigenvalue weighted by Gasteiger charge is 2.31. The summed E-state index contributed by atoms with van der Waals surface area (Å²) in [5, 5.41) is 31.3. The fourth-order valence-corrected chi connectivity index (χ4v) is 13.9. The normalized spacial score (nSPS) is 12.5. The molecule has 0 atom stereocenters. The Morgan fingerprint density at radius 3 is 1.62 bits per heavy atom. The van der Waals surface area contributed by atoms with Crippen molar-refractivity contribution in [1.82, 2.24) is 4.31 Å². The van der Waals surface area contributed by atoms with Crippen LogP contribution in [0.1, 0.15) is 137 Å². The van der Waals surface area contributed by atoms with Crippen LogP contribution in [-0.4, -0.2) is 115 Å². The third kappa shape index (κ3) is 19.8. The maximum Gasteiger partial charge on any atom is 0.265 e. The van der Waals surface area contributed by atoms with E-state index in [1.165, 1.54) is 139 Å². The first kappa shape index (κ1) is 68.8. The molecule has 21 nitrogen and oxygen atoms in total. The van der Waals surface area contributed by atoms with Crippen molar-refractivity contribution in [1.29, 1.82) is 0 Å². The predicted octanol–water partition coefficient (Wildman–Crippen LogP) is 12.9. The summed E-state index contributed by atoms with van der Waals surface area (Å²) in [6.07, 6.45) is 18.0. The Morgan fingerprint density at radius 2 is 1.07 bits per heavy atom. The first-order valence-electron chi connectivity index (χ1n) is 28.6. The highest BCUT2D eigenvalue weighted by Crippen LogP contribution is 2.45. The van der Waals surface area contributed by atoms with Crippen LogP contribution < -0.4 is 28.4 Å². The number of nitrogens with zero attached hydrogens (tertiary/aromatic N) is 3. The van der Waals surface area contributed by atoms with Crippen LogP contribution in [0.3, 0.4) is 0 Å². The second kappa shape index (κ2) is 32.0. The summed E-state index contributed by atoms with van der Waals surface area (Å²) in [5.41, 5.74) is -0.717. The van der Waals surface area contributed by atoms with Gasteiger partial charge in [-0.2, -0.15) is 9.42 Å². The molecule has 84 heavy (non-hydrogen) atoms. The number of nitrogens with one attached hydrogen (secondary N) is 3. The molecule has 0 amide bonds. The van der Waals surface area contributed by atoms with E-state index in [0.717, 1.165) is 48.0 Å². The number of benzene rings is 5. The second-order valence-electron chi connectivity index (χ2n) is 21.4. The zero-order chi connectivity index (χ0) is 61.7. The number of azo groups is 1. The monoisotopic (exact) mass is 1250 g/mol. The van der Waals surface area contributed by atoms with E-state index in [4.69, 9.17) is 23.7 Å². The molecule has 0 saturated heterocycles. The number of sulfonamides is 4. The lowest BCUT2D eigenvalue weighted by molar-refractivity contribution is 0.144. The summed E-state index contributed by atoms with van der Waals surface area (Å²) in [6, 6.07) is 15.5. The largest absolute Gasteiger partial charge is 0.506 e. The molecule has 0 unspecified atom stereocenters. The first-order chi connectivity index (χ1) is 39.8. The van der Waals surface area contributed by atoms with Crippen molar-refractivity contribution in [3.63, 3.8) is 0 Å². The predicted molar refractivity (Wildman–Crippen MR) is 330 cm³/mol. The van der Waals surface area contributed by atoms with Crippen molar-refractivity contribution in [3.8, 4) is 28.7 Å². The first-order valence-corrected chi connectivity index (χ1v) is 34.9. The van der Waals surface area contributed by atoms with Gasteiger partial charge in [0.1, 0.15) is 56.6 Å². The molecule has 0 saturated carbocycles. The zero-order valence-electron chi connectivity index (χ0n) is 50.0. The summed E-state index contributed by atoms with van der Waals surface area (Å²) >= 11 is 0. The lowest BCUT2D eigenvalue weighted by Crippen LogP contribution is -2.30. The van der Waals surface area contributed by atoms with Crippen LogP contribution in [0.5, 0.6) is 28.7 Å². The molecule has 5 N–H and O–H groups in total. The molecule has 0 heterocycles. The van der Waals surface area contributed by atoms with Gasteiger partial charge in [-0.1, -0.05) is 137 Å². The summed E-state index contributed by atoms with van der Waals surface area (Å²) in [7, 11) is -14.9. The number of methoxy groups -OCH3 is 2. The maximum atomic E-state index is 14.6. The Balaban J connectivity index is 1.44. The third-order valence-corrected chi connectivity index (χ3v) is 19.1. The Hall–Kier alpha value is -5.96. The van der Waals surface area contributed by atoms with Crippen molar-refractivity contribution in [2.45, 2.75) is 152 Å². The van der Waals surface area contributed by atoms with E-state index in [1.807, 2.05) is 20.8 Å². The Morgan fingerprint density at radius 1 is 0.536 bits per heavy atom. The van der Waals surface area contributed by atoms with Gasteiger partial charge in [-0.15, -0.1) is 5.11 Å². The number of anilines is 3. The number of phenols is 2. The van der Waals surface area contributed by atoms with E-state index in [-0.39, 0.29) is 90.2 Å². The van der Waals surface area contributed by atoms with Gasteiger partial charge in [-0.25, -0.2) is 33.7 Å². The summed E-state index contributed by atoms with van der Waals surface area (Å²) < 4.78 is 148. The van der Waals surface area contributed by atoms with Crippen LogP contribution in [0, 0.1) is 0 Å². The van der Waals surface area contributed by atoms with E-state index in [2.05, 4.69) is 31.3 Å². The molecule has 0 aliphatic heterocycles. The Kier molecular flexibility index (Phi) is 26.2. The molecule has 0 spiro atoms. The summed E-state index contributed by atoms with van der Waals surface area (Å²) in [4.78, 5) is -1.53. The van der Waals surface area contributed by atoms with Crippen LogP contribution in [-0.2, 0) is 55.0 Å². The molecule has 0 aromatic heterocycles. The number of phenolic OH excluding ortho intramolecular Hbond substituents is 2. The van der Waals surface area contributed by atoms with Crippen molar-refractivity contribution in [2.24, 2.45) is 10.2 Å². The highest BCUT2D eigenvalue weighted by atomic mass is 32.2. The molecule has 0 aliphatic rings. The summed E-state index contributed by atoms with van der Waals surface area (Å²) in [5.74, 6) is -0.999. The van der Waals surface area contributed by atoms with E-state index in [9.17, 15) is 43.9 Å². The van der Waals surface area contributed by atoms with Crippen LogP contribution in [0.2, 0.25) is 0 Å². The standard InChI is InChI=1S/C59H86N6O15S4/c1-10-13-14-15-16-17-18-19-20-21-22-23-24-25-33-78-53-42-50(66)48(40-46(53)59(4,5)6)64-83(72,73)55-39-44(30-32-52(55)80-37-35-77-8)62-82(70,71)54-38-43(29-31-51(54)79-36-34-76-7)60-61-49-41-56(84(74,75)65(11-2)12-3)58(67)45-27-26-28-47(57(45)49)63-81(9,68)69/h26-32,38-42,62-64,66-67H,10-25,33-37H2,1-9H3. The zero-order valence-corrected chi connectivity index (χ0v) is 53.2. The molecule has 25 heteroatoms. The quantitative estimate of drug-likeness (QED) is 0.0139. The van der Waals surface area contributed by atoms with Crippen LogP contribution in [0.15, 0.2) is 97.7 Å². The van der Waals surface area contributed by atoms with Crippen molar-refractivity contribution in [2.75, 3.05) is 80.8 Å². The third-order valence-electron chi connectivity index (χ3n) is 13.7. The fourth-order valence-electron chi connectivity index (χ4n) is 9.30. The lowest BCUT2D eigenvalue weighted by atomic mass is 9.86. The summed E-state index contributed by atoms with van der Waals surface area (Å²) in [6.45, 7) is 11.8. The smallest absolute Gasteiger partial charge is 0.265 e. The van der Waals surface area contributed by atoms with Gasteiger partial charge in [-0.3, -0.25) is 14.2 Å². The van der Waals surface area contributed by atoms with E-state index >= 15 is 0 Å². The van der Waals surface area contributed by atoms with Gasteiger partial charge in [0.05, 0.1) is 54.5 Å². The number of fused-ring (bicyclic) bond motifs is 1. The van der Waals surface area contributed by atoms with E-state index in [0.29, 0.717) is 17.9 Å². The molecular weight excluding hydrogens is 1160 g/mol. The average molecular weight is 1250 g/mol. The maximum absolute atomic E-state index is 14.6. The van der Waals surface area contributed by atoms with Crippen LogP contribution >= 0.6 is 0 Å². The molecule has 5 rings (SSSR count). The molecule has 5 aromatic rings. The lowest BCUT2D eigenvalue weighted by Gasteiger charge is -2.25. The number of unbranched alkanes of at least 4 members (excludes halogenated alkanes) is 13. The molecule has 0 aliphatic carbocycles. The van der Waals surface area contributed by atoms with Crippen molar-refractivity contribution in [3.05, 3.63) is 78.4 Å². The van der Waals surface area contributed by atoms with E-state index in [1.54, 1.807) is 13.8 Å². The molecular formula is C59H86N6O15S4. The fraction of sp³-hybridized carbons (Fsp3) is 0.525. The van der Waals surface area contributed by atoms with Gasteiger partial charge in [0.15, 0.2) is 0 Å². The molecule has 466 valence electrons. The Labute approximate surface area is 498 Å². The average Bonchev–Trinajstić information content (AvgIpc) is 3.54. The SMILES string of the molecule is CCCCCCCCCCCCCCCCOc1cc(O)c(NS(=O)(=O)c2cc(NS(=O)(=O)c3cc(N=Nc4cc(S(=O)(=O)N(CC)CC)c(O)c5cccc(NS(C)(=O)=O)c45)ccc3OCCOC)ccc2OCCOC)cc1C(C)(C)C. The number of hydrogen-bond donors (Lipinski definition) is 5. The van der Waals surface area contributed by atoms with Gasteiger partial charge in [-0.05, 0) is 66.4 Å². The molecule has 0 radical (unpaired) electrons. The van der Waals surface area contributed by atoms with Gasteiger partial charge < -0.3 is 33.9 Å². The van der Waals surface area contributed by atoms with Crippen LogP contribution in [0.25, 0.3) is 10.8 Å². The molecule has 0 bridgehead atoms. The molecule has 5 aromatic carbocycles. The Bertz CT molecular complexity index is 3460. The second-order valence-corrected chi connectivity index (χ2v) is 28.3. The van der Waals surface area contributed by atoms with Crippen LogP contribution in [0.4, 0.5) is 28.4 Å². The number of aromatic hydroxyl groups is 2. The minimum atomic E-state index is -4.75. The number of ether oxygens (including phenoxy) is 5. The van der Waals surface area contributed by atoms with Gasteiger partial charge in [0.25, 0.3) is 20.0 Å². The minimum absolute atomic E-state index is 0.0203. The van der Waals surface area contributed by atoms with Gasteiger partial charge >= 0.3 is 0 Å². The topological polar surface area (TPSA) is 287 Å². The van der Waals surface area contributed by atoms with Crippen molar-refractivity contribution >= 4 is 79.3 Å². The van der Waals surface area contributed by atoms with E-state index < -0.39 is 71.7 Å². The van der Waals surface area contributed by atoms with Gasteiger partial charge in [0.2, 0.25) is 20.0 Å².